The molecule has 0 saturated heterocycles. The first-order chi connectivity index (χ1) is 18.9. The highest BCUT2D eigenvalue weighted by Crippen LogP contribution is 2.46. The number of amides is 1. The fourth-order valence-electron chi connectivity index (χ4n) is 5.73. The van der Waals surface area contributed by atoms with E-state index < -0.39 is 5.97 Å². The molecule has 1 amide bonds. The van der Waals surface area contributed by atoms with Crippen LogP contribution in [0.3, 0.4) is 0 Å². The van der Waals surface area contributed by atoms with Gasteiger partial charge in [-0.25, -0.2) is 4.98 Å². The molecule has 0 radical (unpaired) electrons. The minimum Gasteiger partial charge on any atom is -0.481 e. The molecule has 0 fully saturated rings. The third kappa shape index (κ3) is 6.56. The lowest BCUT2D eigenvalue weighted by molar-refractivity contribution is -0.137. The van der Waals surface area contributed by atoms with Gasteiger partial charge in [-0.1, -0.05) is 85.6 Å². The highest BCUT2D eigenvalue weighted by Gasteiger charge is 2.34. The van der Waals surface area contributed by atoms with Gasteiger partial charge in [0.05, 0.1) is 16.8 Å². The van der Waals surface area contributed by atoms with Crippen molar-refractivity contribution in [1.82, 2.24) is 4.98 Å². The molecule has 0 saturated carbocycles. The summed E-state index contributed by atoms with van der Waals surface area (Å²) < 4.78 is 0.856. The van der Waals surface area contributed by atoms with E-state index in [0.29, 0.717) is 22.7 Å². The van der Waals surface area contributed by atoms with Crippen LogP contribution in [-0.2, 0) is 4.79 Å². The van der Waals surface area contributed by atoms with Gasteiger partial charge in [0, 0.05) is 32.6 Å². The van der Waals surface area contributed by atoms with Crippen LogP contribution in [0.5, 0.6) is 0 Å². The molecule has 1 heterocycles. The number of halogens is 2. The number of carboxylic acids is 1. The van der Waals surface area contributed by atoms with E-state index in [-0.39, 0.29) is 29.6 Å². The number of aliphatic carboxylic acids is 1. The van der Waals surface area contributed by atoms with Crippen LogP contribution in [0.4, 0.5) is 5.69 Å². The van der Waals surface area contributed by atoms with Gasteiger partial charge < -0.3 is 10.4 Å². The number of nitrogens with zero attached hydrogens (tertiary/aromatic N) is 1. The Hall–Kier alpha value is -3.22. The summed E-state index contributed by atoms with van der Waals surface area (Å²) in [6, 6.07) is 21.1. The molecular formula is C33H34BrClN2O3. The monoisotopic (exact) mass is 620 g/mol. The van der Waals surface area contributed by atoms with Crippen molar-refractivity contribution in [3.8, 4) is 11.3 Å². The van der Waals surface area contributed by atoms with Gasteiger partial charge in [-0.2, -0.15) is 0 Å². The fourth-order valence-corrected chi connectivity index (χ4v) is 6.28. The first-order valence-electron chi connectivity index (χ1n) is 13.3. The van der Waals surface area contributed by atoms with Crippen molar-refractivity contribution < 1.29 is 14.7 Å². The normalized spacial score (nSPS) is 13.2. The molecule has 2 N–H and O–H groups in total. The summed E-state index contributed by atoms with van der Waals surface area (Å²) in [5, 5.41) is 13.8. The second kappa shape index (κ2) is 12.1. The summed E-state index contributed by atoms with van der Waals surface area (Å²) in [5.74, 6) is -1.08. The maximum Gasteiger partial charge on any atom is 0.303 e. The first-order valence-corrected chi connectivity index (χ1v) is 14.5. The van der Waals surface area contributed by atoms with Gasteiger partial charge >= 0.3 is 5.97 Å². The Labute approximate surface area is 249 Å². The average Bonchev–Trinajstić information content (AvgIpc) is 2.88. The van der Waals surface area contributed by atoms with E-state index >= 15 is 0 Å². The first kappa shape index (κ1) is 29.8. The van der Waals surface area contributed by atoms with Crippen LogP contribution in [0.1, 0.15) is 67.9 Å². The smallest absolute Gasteiger partial charge is 0.303 e. The molecule has 1 aromatic heterocycles. The number of pyridine rings is 1. The van der Waals surface area contributed by atoms with Crippen LogP contribution < -0.4 is 5.32 Å². The van der Waals surface area contributed by atoms with Crippen LogP contribution in [0.15, 0.2) is 71.2 Å². The Morgan fingerprint density at radius 1 is 1.05 bits per heavy atom. The Bertz CT molecular complexity index is 1560. The molecule has 2 unspecified atom stereocenters. The zero-order chi connectivity index (χ0) is 29.2. The number of benzene rings is 3. The number of rotatable bonds is 8. The summed E-state index contributed by atoms with van der Waals surface area (Å²) in [6.07, 6.45) is 0.592. The summed E-state index contributed by atoms with van der Waals surface area (Å²) in [7, 11) is 0. The molecule has 0 aliphatic heterocycles. The van der Waals surface area contributed by atoms with Crippen molar-refractivity contribution in [2.45, 2.75) is 53.4 Å². The fraction of sp³-hybridized carbons (Fsp3) is 0.303. The molecule has 0 aliphatic rings. The molecule has 7 heteroatoms. The lowest BCUT2D eigenvalue weighted by atomic mass is 9.68. The maximum absolute atomic E-state index is 14.2. The van der Waals surface area contributed by atoms with E-state index in [1.807, 2.05) is 67.6 Å². The average molecular weight is 622 g/mol. The molecule has 40 heavy (non-hydrogen) atoms. The van der Waals surface area contributed by atoms with Gasteiger partial charge in [0.15, 0.2) is 0 Å². The standard InChI is InChI=1S/C33H34BrClN2O3/c1-19(11-16-28(38)39)30(33(3,4)5)25-18-23(35)13-15-27(25)37-32(40)29-20(2)31(21-9-7-6-8-10-21)36-26-14-12-22(34)17-24(26)29/h6-10,12-15,17-19,30H,11,16H2,1-5H3,(H,37,40)(H,38,39). The second-order valence-electron chi connectivity index (χ2n) is 11.4. The SMILES string of the molecule is Cc1c(-c2ccccc2)nc2ccc(Br)cc2c1C(=O)Nc1ccc(Cl)cc1C(C(C)CCC(=O)O)C(C)(C)C. The third-order valence-corrected chi connectivity index (χ3v) is 8.11. The molecule has 4 aromatic rings. The van der Waals surface area contributed by atoms with Crippen LogP contribution in [-0.4, -0.2) is 22.0 Å². The number of carboxylic acid groups (broad SMARTS) is 1. The zero-order valence-electron chi connectivity index (χ0n) is 23.4. The number of nitrogens with one attached hydrogen (secondary N) is 1. The number of carbonyl (C=O) groups is 2. The number of anilines is 1. The molecule has 0 spiro atoms. The minimum absolute atomic E-state index is 0.0364. The zero-order valence-corrected chi connectivity index (χ0v) is 25.7. The number of hydrogen-bond acceptors (Lipinski definition) is 3. The van der Waals surface area contributed by atoms with Gasteiger partial charge in [0.25, 0.3) is 5.91 Å². The van der Waals surface area contributed by atoms with E-state index in [2.05, 4.69) is 48.9 Å². The number of carbonyl (C=O) groups excluding carboxylic acids is 1. The van der Waals surface area contributed by atoms with E-state index in [1.165, 1.54) is 0 Å². The topological polar surface area (TPSA) is 79.3 Å². The van der Waals surface area contributed by atoms with Crippen LogP contribution in [0.2, 0.25) is 5.02 Å². The molecule has 5 nitrogen and oxygen atoms in total. The van der Waals surface area contributed by atoms with Crippen molar-refractivity contribution in [1.29, 1.82) is 0 Å². The Kier molecular flexibility index (Phi) is 9.01. The third-order valence-electron chi connectivity index (χ3n) is 7.38. The quantitative estimate of drug-likeness (QED) is 0.205. The largest absolute Gasteiger partial charge is 0.481 e. The Morgan fingerprint density at radius 2 is 1.75 bits per heavy atom. The lowest BCUT2D eigenvalue weighted by Gasteiger charge is -2.37. The second-order valence-corrected chi connectivity index (χ2v) is 12.8. The molecular weight excluding hydrogens is 588 g/mol. The van der Waals surface area contributed by atoms with Crippen molar-refractivity contribution >= 4 is 56.0 Å². The van der Waals surface area contributed by atoms with Gasteiger partial charge in [-0.05, 0) is 78.1 Å². The van der Waals surface area contributed by atoms with Crippen LogP contribution in [0, 0.1) is 18.3 Å². The Morgan fingerprint density at radius 3 is 2.40 bits per heavy atom. The highest BCUT2D eigenvalue weighted by atomic mass is 79.9. The van der Waals surface area contributed by atoms with E-state index in [1.54, 1.807) is 6.07 Å². The highest BCUT2D eigenvalue weighted by molar-refractivity contribution is 9.10. The summed E-state index contributed by atoms with van der Waals surface area (Å²) in [4.78, 5) is 30.4. The summed E-state index contributed by atoms with van der Waals surface area (Å²) in [6.45, 7) is 10.4. The van der Waals surface area contributed by atoms with Crippen molar-refractivity contribution in [3.63, 3.8) is 0 Å². The number of fused-ring (bicyclic) bond motifs is 1. The number of aromatic nitrogens is 1. The predicted molar refractivity (Wildman–Crippen MR) is 167 cm³/mol. The minimum atomic E-state index is -0.820. The maximum atomic E-state index is 14.2. The summed E-state index contributed by atoms with van der Waals surface area (Å²) >= 11 is 10.0. The lowest BCUT2D eigenvalue weighted by Crippen LogP contribution is -2.27. The van der Waals surface area contributed by atoms with Gasteiger partial charge in [-0.15, -0.1) is 0 Å². The molecule has 4 rings (SSSR count). The number of hydrogen-bond donors (Lipinski definition) is 2. The van der Waals surface area contributed by atoms with E-state index in [4.69, 9.17) is 16.6 Å². The van der Waals surface area contributed by atoms with Gasteiger partial charge in [0.2, 0.25) is 0 Å². The summed E-state index contributed by atoms with van der Waals surface area (Å²) in [5.41, 5.74) is 5.10. The molecule has 0 aliphatic carbocycles. The van der Waals surface area contributed by atoms with Crippen LogP contribution >= 0.6 is 27.5 Å². The van der Waals surface area contributed by atoms with Crippen LogP contribution in [0.25, 0.3) is 22.2 Å². The van der Waals surface area contributed by atoms with Crippen molar-refractivity contribution in [2.75, 3.05) is 5.32 Å². The van der Waals surface area contributed by atoms with E-state index in [0.717, 1.165) is 37.8 Å². The van der Waals surface area contributed by atoms with Crippen molar-refractivity contribution in [3.05, 3.63) is 92.9 Å². The predicted octanol–water partition coefficient (Wildman–Crippen LogP) is 9.51. The molecule has 2 atom stereocenters. The molecule has 0 bridgehead atoms. The van der Waals surface area contributed by atoms with E-state index in [9.17, 15) is 14.7 Å². The van der Waals surface area contributed by atoms with Crippen molar-refractivity contribution in [2.24, 2.45) is 11.3 Å². The van der Waals surface area contributed by atoms with Gasteiger partial charge in [0.1, 0.15) is 0 Å². The molecule has 3 aromatic carbocycles. The van der Waals surface area contributed by atoms with Gasteiger partial charge in [-0.3, -0.25) is 9.59 Å². The Balaban J connectivity index is 1.84. The molecule has 208 valence electrons.